The van der Waals surface area contributed by atoms with Crippen molar-refractivity contribution in [3.05, 3.63) is 0 Å². The average Bonchev–Trinajstić information content (AvgIpc) is 2.36. The molecule has 0 spiro atoms. The van der Waals surface area contributed by atoms with Crippen molar-refractivity contribution in [2.24, 2.45) is 5.92 Å². The third-order valence-electron chi connectivity index (χ3n) is 3.64. The molecule has 1 rings (SSSR count). The minimum absolute atomic E-state index is 0.0563. The highest BCUT2D eigenvalue weighted by Gasteiger charge is 2.42. The summed E-state index contributed by atoms with van der Waals surface area (Å²) in [7, 11) is 0. The van der Waals surface area contributed by atoms with Crippen LogP contribution in [0.3, 0.4) is 0 Å². The zero-order chi connectivity index (χ0) is 14.6. The Bertz CT molecular complexity index is 337. The molecule has 110 valence electrons. The van der Waals surface area contributed by atoms with Crippen LogP contribution in [-0.2, 0) is 9.59 Å². The van der Waals surface area contributed by atoms with Crippen molar-refractivity contribution in [1.82, 2.24) is 10.2 Å². The highest BCUT2D eigenvalue weighted by Crippen LogP contribution is 2.21. The molecule has 0 aromatic heterocycles. The summed E-state index contributed by atoms with van der Waals surface area (Å²) in [4.78, 5) is 25.3. The maximum absolute atomic E-state index is 12.6. The Kier molecular flexibility index (Phi) is 5.69. The third-order valence-corrected chi connectivity index (χ3v) is 3.64. The number of carbonyl (C=O) groups excluding carboxylic acids is 2. The lowest BCUT2D eigenvalue weighted by molar-refractivity contribution is -0.153. The number of amides is 2. The molecular formula is C13H22F2N2O2. The summed E-state index contributed by atoms with van der Waals surface area (Å²) in [6, 6.07) is -1.43. The second-order valence-corrected chi connectivity index (χ2v) is 5.06. The van der Waals surface area contributed by atoms with Gasteiger partial charge in [0, 0.05) is 0 Å². The largest absolute Gasteiger partial charge is 0.342 e. The lowest BCUT2D eigenvalue weighted by atomic mass is 9.93. The third kappa shape index (κ3) is 3.64. The average molecular weight is 276 g/mol. The van der Waals surface area contributed by atoms with Crippen LogP contribution in [0.1, 0.15) is 40.0 Å². The molecule has 1 fully saturated rings. The summed E-state index contributed by atoms with van der Waals surface area (Å²) in [6.07, 6.45) is -0.833. The fraction of sp³-hybridized carbons (Fsp3) is 0.846. The predicted octanol–water partition coefficient (Wildman–Crippen LogP) is 1.79. The highest BCUT2D eigenvalue weighted by atomic mass is 19.3. The molecule has 0 aliphatic carbocycles. The Balaban J connectivity index is 2.94. The number of rotatable bonds is 6. The molecule has 3 unspecified atom stereocenters. The van der Waals surface area contributed by atoms with E-state index in [1.54, 1.807) is 0 Å². The van der Waals surface area contributed by atoms with Gasteiger partial charge < -0.3 is 10.2 Å². The van der Waals surface area contributed by atoms with Crippen molar-refractivity contribution in [2.75, 3.05) is 6.54 Å². The van der Waals surface area contributed by atoms with Gasteiger partial charge in [-0.15, -0.1) is 0 Å². The maximum Gasteiger partial charge on any atom is 0.255 e. The Hall–Kier alpha value is -1.20. The topological polar surface area (TPSA) is 49.4 Å². The van der Waals surface area contributed by atoms with Crippen molar-refractivity contribution >= 4 is 11.8 Å². The van der Waals surface area contributed by atoms with E-state index in [0.717, 1.165) is 4.90 Å². The molecule has 0 saturated carbocycles. The zero-order valence-electron chi connectivity index (χ0n) is 11.7. The van der Waals surface area contributed by atoms with Crippen molar-refractivity contribution in [2.45, 2.75) is 58.5 Å². The van der Waals surface area contributed by atoms with Gasteiger partial charge in [0.2, 0.25) is 11.8 Å². The Morgan fingerprint density at radius 3 is 2.42 bits per heavy atom. The molecule has 3 atom stereocenters. The number of piperazine rings is 1. The molecule has 1 heterocycles. The maximum atomic E-state index is 12.6. The van der Waals surface area contributed by atoms with Gasteiger partial charge in [-0.2, -0.15) is 0 Å². The summed E-state index contributed by atoms with van der Waals surface area (Å²) in [5.41, 5.74) is 0. The number of hydrogen-bond acceptors (Lipinski definition) is 2. The monoisotopic (exact) mass is 276 g/mol. The van der Waals surface area contributed by atoms with Crippen molar-refractivity contribution < 1.29 is 18.4 Å². The normalized spacial score (nSPS) is 25.7. The molecule has 4 nitrogen and oxygen atoms in total. The number of alkyl halides is 2. The second-order valence-electron chi connectivity index (χ2n) is 5.06. The molecule has 0 bridgehead atoms. The SMILES string of the molecule is CCCC1C(=O)NC(C(C)CC)C(=O)N1CC(F)F. The minimum Gasteiger partial charge on any atom is -0.342 e. The van der Waals surface area contributed by atoms with E-state index in [0.29, 0.717) is 19.3 Å². The van der Waals surface area contributed by atoms with Crippen LogP contribution in [0.25, 0.3) is 0 Å². The van der Waals surface area contributed by atoms with Crippen molar-refractivity contribution in [3.63, 3.8) is 0 Å². The van der Waals surface area contributed by atoms with Crippen molar-refractivity contribution in [3.8, 4) is 0 Å². The first kappa shape index (κ1) is 15.9. The van der Waals surface area contributed by atoms with E-state index in [1.807, 2.05) is 20.8 Å². The zero-order valence-corrected chi connectivity index (χ0v) is 11.7. The van der Waals surface area contributed by atoms with E-state index in [1.165, 1.54) is 0 Å². The van der Waals surface area contributed by atoms with Gasteiger partial charge in [-0.25, -0.2) is 8.78 Å². The summed E-state index contributed by atoms with van der Waals surface area (Å²) in [6.45, 7) is 4.94. The molecule has 1 N–H and O–H groups in total. The first-order valence-electron chi connectivity index (χ1n) is 6.81. The number of nitrogens with zero attached hydrogens (tertiary/aromatic N) is 1. The van der Waals surface area contributed by atoms with Crippen molar-refractivity contribution in [1.29, 1.82) is 0 Å². The number of hydrogen-bond donors (Lipinski definition) is 1. The fourth-order valence-electron chi connectivity index (χ4n) is 2.33. The van der Waals surface area contributed by atoms with E-state index in [-0.39, 0.29) is 17.7 Å². The number of halogens is 2. The van der Waals surface area contributed by atoms with E-state index >= 15 is 0 Å². The van der Waals surface area contributed by atoms with Crippen LogP contribution in [0.2, 0.25) is 0 Å². The van der Waals surface area contributed by atoms with Crippen LogP contribution < -0.4 is 5.32 Å². The summed E-state index contributed by atoms with van der Waals surface area (Å²) < 4.78 is 25.2. The van der Waals surface area contributed by atoms with E-state index in [4.69, 9.17) is 0 Å². The lowest BCUT2D eigenvalue weighted by Crippen LogP contribution is -2.65. The smallest absolute Gasteiger partial charge is 0.255 e. The van der Waals surface area contributed by atoms with Crippen LogP contribution in [0.5, 0.6) is 0 Å². The van der Waals surface area contributed by atoms with Crippen LogP contribution in [-0.4, -0.2) is 41.8 Å². The molecule has 1 aliphatic heterocycles. The van der Waals surface area contributed by atoms with E-state index in [9.17, 15) is 18.4 Å². The molecule has 0 aromatic carbocycles. The van der Waals surface area contributed by atoms with Crippen LogP contribution >= 0.6 is 0 Å². The molecule has 2 amide bonds. The Morgan fingerprint density at radius 1 is 1.32 bits per heavy atom. The first-order valence-corrected chi connectivity index (χ1v) is 6.81. The van der Waals surface area contributed by atoms with Gasteiger partial charge in [0.15, 0.2) is 0 Å². The van der Waals surface area contributed by atoms with Crippen LogP contribution in [0.15, 0.2) is 0 Å². The van der Waals surface area contributed by atoms with Gasteiger partial charge in [0.1, 0.15) is 12.1 Å². The predicted molar refractivity (Wildman–Crippen MR) is 67.8 cm³/mol. The molecule has 6 heteroatoms. The standard InChI is InChI=1S/C13H22F2N2O2/c1-4-6-9-12(18)16-11(8(3)5-2)13(19)17(9)7-10(14)15/h8-11H,4-7H2,1-3H3,(H,16,18). The first-order chi connectivity index (χ1) is 8.92. The molecular weight excluding hydrogens is 254 g/mol. The van der Waals surface area contributed by atoms with Gasteiger partial charge in [-0.1, -0.05) is 33.6 Å². The van der Waals surface area contributed by atoms with E-state index < -0.39 is 25.1 Å². The van der Waals surface area contributed by atoms with Gasteiger partial charge in [-0.3, -0.25) is 9.59 Å². The molecule has 0 radical (unpaired) electrons. The summed E-state index contributed by atoms with van der Waals surface area (Å²) in [5, 5.41) is 2.68. The Morgan fingerprint density at radius 2 is 1.95 bits per heavy atom. The molecule has 1 saturated heterocycles. The number of nitrogens with one attached hydrogen (secondary N) is 1. The minimum atomic E-state index is -2.62. The lowest BCUT2D eigenvalue weighted by Gasteiger charge is -2.40. The molecule has 1 aliphatic rings. The van der Waals surface area contributed by atoms with Crippen LogP contribution in [0, 0.1) is 5.92 Å². The summed E-state index contributed by atoms with van der Waals surface area (Å²) in [5.74, 6) is -0.751. The van der Waals surface area contributed by atoms with Gasteiger partial charge in [0.25, 0.3) is 6.43 Å². The highest BCUT2D eigenvalue weighted by molar-refractivity contribution is 5.97. The second kappa shape index (κ2) is 6.82. The summed E-state index contributed by atoms with van der Waals surface area (Å²) >= 11 is 0. The Labute approximate surface area is 112 Å². The fourth-order valence-corrected chi connectivity index (χ4v) is 2.33. The quantitative estimate of drug-likeness (QED) is 0.804. The van der Waals surface area contributed by atoms with Crippen LogP contribution in [0.4, 0.5) is 8.78 Å². The van der Waals surface area contributed by atoms with E-state index in [2.05, 4.69) is 5.32 Å². The van der Waals surface area contributed by atoms with Gasteiger partial charge >= 0.3 is 0 Å². The molecule has 19 heavy (non-hydrogen) atoms. The molecule has 0 aromatic rings. The van der Waals surface area contributed by atoms with Gasteiger partial charge in [-0.05, 0) is 12.3 Å². The number of carbonyl (C=O) groups is 2. The van der Waals surface area contributed by atoms with Gasteiger partial charge in [0.05, 0.1) is 6.54 Å².